The van der Waals surface area contributed by atoms with Crippen molar-refractivity contribution in [3.05, 3.63) is 50.6 Å². The predicted octanol–water partition coefficient (Wildman–Crippen LogP) is 4.38. The number of carboxylic acids is 1. The number of anilines is 1. The molecule has 1 heterocycles. The van der Waals surface area contributed by atoms with Gasteiger partial charge in [0.1, 0.15) is 0 Å². The molecule has 1 fully saturated rings. The number of hydrogen-bond donors (Lipinski definition) is 1. The summed E-state index contributed by atoms with van der Waals surface area (Å²) in [7, 11) is 0. The predicted molar refractivity (Wildman–Crippen MR) is 84.6 cm³/mol. The topological polar surface area (TPSA) is 40.5 Å². The summed E-state index contributed by atoms with van der Waals surface area (Å²) in [6.07, 6.45) is 2.28. The summed E-state index contributed by atoms with van der Waals surface area (Å²) in [6, 6.07) is 10.1. The van der Waals surface area contributed by atoms with E-state index in [4.69, 9.17) is 0 Å². The third-order valence-electron chi connectivity index (χ3n) is 3.39. The summed E-state index contributed by atoms with van der Waals surface area (Å²) >= 11 is 5.06. The molecule has 1 aromatic heterocycles. The Hall–Kier alpha value is -1.33. The molecule has 1 aromatic carbocycles. The lowest BCUT2D eigenvalue weighted by Crippen LogP contribution is -2.26. The van der Waals surface area contributed by atoms with E-state index in [0.29, 0.717) is 11.6 Å². The Bertz CT molecular complexity index is 623. The van der Waals surface area contributed by atoms with Crippen molar-refractivity contribution in [1.82, 2.24) is 0 Å². The molecule has 0 spiro atoms. The molecule has 3 nitrogen and oxygen atoms in total. The zero-order valence-electron chi connectivity index (χ0n) is 10.8. The van der Waals surface area contributed by atoms with Crippen molar-refractivity contribution in [2.45, 2.75) is 25.4 Å². The lowest BCUT2D eigenvalue weighted by Gasteiger charge is -2.25. The minimum Gasteiger partial charge on any atom is -0.478 e. The van der Waals surface area contributed by atoms with E-state index in [-0.39, 0.29) is 0 Å². The normalized spacial score (nSPS) is 14.2. The van der Waals surface area contributed by atoms with Crippen LogP contribution in [-0.4, -0.2) is 17.1 Å². The summed E-state index contributed by atoms with van der Waals surface area (Å²) in [6.45, 7) is 0.782. The van der Waals surface area contributed by atoms with E-state index in [1.807, 2.05) is 18.2 Å². The summed E-state index contributed by atoms with van der Waals surface area (Å²) < 4.78 is 0.797. The standard InChI is InChI=1S/C15H14BrNO2S/c16-10-3-6-14(13(8-10)15(18)19)17(11-4-5-11)9-12-2-1-7-20-12/h1-3,6-8,11H,4-5,9H2,(H,18,19). The fourth-order valence-electron chi connectivity index (χ4n) is 2.30. The van der Waals surface area contributed by atoms with Crippen LogP contribution >= 0.6 is 27.3 Å². The van der Waals surface area contributed by atoms with Gasteiger partial charge in [0.25, 0.3) is 0 Å². The van der Waals surface area contributed by atoms with Gasteiger partial charge in [-0.3, -0.25) is 0 Å². The van der Waals surface area contributed by atoms with Crippen LogP contribution in [0.1, 0.15) is 28.1 Å². The third-order valence-corrected chi connectivity index (χ3v) is 4.75. The maximum atomic E-state index is 11.5. The Morgan fingerprint density at radius 1 is 1.40 bits per heavy atom. The van der Waals surface area contributed by atoms with Crippen molar-refractivity contribution in [2.24, 2.45) is 0 Å². The molecular weight excluding hydrogens is 338 g/mol. The van der Waals surface area contributed by atoms with Gasteiger partial charge in [-0.05, 0) is 42.5 Å². The molecule has 1 N–H and O–H groups in total. The van der Waals surface area contributed by atoms with Crippen molar-refractivity contribution < 1.29 is 9.90 Å². The lowest BCUT2D eigenvalue weighted by atomic mass is 10.1. The third kappa shape index (κ3) is 2.88. The Kier molecular flexibility index (Phi) is 3.81. The molecule has 0 radical (unpaired) electrons. The van der Waals surface area contributed by atoms with Crippen molar-refractivity contribution in [3.8, 4) is 0 Å². The number of carbonyl (C=O) groups is 1. The molecule has 0 unspecified atom stereocenters. The molecule has 3 rings (SSSR count). The van der Waals surface area contributed by atoms with Gasteiger partial charge in [0.05, 0.1) is 17.8 Å². The van der Waals surface area contributed by atoms with Gasteiger partial charge < -0.3 is 10.0 Å². The number of rotatable bonds is 5. The first-order chi connectivity index (χ1) is 9.65. The maximum Gasteiger partial charge on any atom is 0.337 e. The number of halogens is 1. The number of carboxylic acid groups (broad SMARTS) is 1. The molecule has 20 heavy (non-hydrogen) atoms. The van der Waals surface area contributed by atoms with Crippen LogP contribution in [0.2, 0.25) is 0 Å². The summed E-state index contributed by atoms with van der Waals surface area (Å²) in [5.41, 5.74) is 1.18. The van der Waals surface area contributed by atoms with Gasteiger partial charge in [-0.1, -0.05) is 22.0 Å². The summed E-state index contributed by atoms with van der Waals surface area (Å²) in [4.78, 5) is 15.0. The highest BCUT2D eigenvalue weighted by molar-refractivity contribution is 9.10. The Morgan fingerprint density at radius 2 is 2.20 bits per heavy atom. The second-order valence-electron chi connectivity index (χ2n) is 4.91. The number of hydrogen-bond acceptors (Lipinski definition) is 3. The number of nitrogens with zero attached hydrogens (tertiary/aromatic N) is 1. The first-order valence-corrected chi connectivity index (χ1v) is 8.14. The number of benzene rings is 1. The minimum absolute atomic E-state index is 0.364. The van der Waals surface area contributed by atoms with Crippen LogP contribution < -0.4 is 4.90 Å². The molecule has 0 bridgehead atoms. The van der Waals surface area contributed by atoms with Crippen LogP contribution in [0.4, 0.5) is 5.69 Å². The van der Waals surface area contributed by atoms with Gasteiger partial charge in [0.2, 0.25) is 0 Å². The maximum absolute atomic E-state index is 11.5. The van der Waals surface area contributed by atoms with E-state index in [1.165, 1.54) is 4.88 Å². The van der Waals surface area contributed by atoms with Gasteiger partial charge in [-0.25, -0.2) is 4.79 Å². The first kappa shape index (κ1) is 13.6. The molecule has 1 aliphatic rings. The minimum atomic E-state index is -0.877. The van der Waals surface area contributed by atoms with Crippen LogP contribution in [0.5, 0.6) is 0 Å². The largest absolute Gasteiger partial charge is 0.478 e. The second kappa shape index (κ2) is 5.58. The van der Waals surface area contributed by atoms with Gasteiger partial charge in [-0.15, -0.1) is 11.3 Å². The van der Waals surface area contributed by atoms with Crippen LogP contribution in [-0.2, 0) is 6.54 Å². The number of aromatic carboxylic acids is 1. The molecule has 0 aliphatic heterocycles. The van der Waals surface area contributed by atoms with Gasteiger partial charge >= 0.3 is 5.97 Å². The van der Waals surface area contributed by atoms with Crippen molar-refractivity contribution >= 4 is 38.9 Å². The van der Waals surface area contributed by atoms with E-state index in [9.17, 15) is 9.90 Å². The fourth-order valence-corrected chi connectivity index (χ4v) is 3.36. The fraction of sp³-hybridized carbons (Fsp3) is 0.267. The quantitative estimate of drug-likeness (QED) is 0.868. The van der Waals surface area contributed by atoms with Crippen molar-refractivity contribution in [3.63, 3.8) is 0 Å². The average Bonchev–Trinajstić information content (AvgIpc) is 3.13. The Balaban J connectivity index is 1.97. The molecule has 104 valence electrons. The van der Waals surface area contributed by atoms with E-state index < -0.39 is 5.97 Å². The van der Waals surface area contributed by atoms with Crippen LogP contribution in [0, 0.1) is 0 Å². The highest BCUT2D eigenvalue weighted by Gasteiger charge is 2.31. The summed E-state index contributed by atoms with van der Waals surface area (Å²) in [5.74, 6) is -0.877. The van der Waals surface area contributed by atoms with Crippen molar-refractivity contribution in [1.29, 1.82) is 0 Å². The second-order valence-corrected chi connectivity index (χ2v) is 6.85. The first-order valence-electron chi connectivity index (χ1n) is 6.47. The molecule has 1 aliphatic carbocycles. The van der Waals surface area contributed by atoms with Crippen LogP contribution in [0.15, 0.2) is 40.2 Å². The van der Waals surface area contributed by atoms with E-state index >= 15 is 0 Å². The lowest BCUT2D eigenvalue weighted by molar-refractivity contribution is 0.0697. The highest BCUT2D eigenvalue weighted by atomic mass is 79.9. The SMILES string of the molecule is O=C(O)c1cc(Br)ccc1N(Cc1cccs1)C1CC1. The number of thiophene rings is 1. The molecule has 0 atom stereocenters. The van der Waals surface area contributed by atoms with E-state index in [0.717, 1.165) is 29.5 Å². The van der Waals surface area contributed by atoms with Gasteiger partial charge in [0, 0.05) is 15.4 Å². The van der Waals surface area contributed by atoms with Gasteiger partial charge in [0.15, 0.2) is 0 Å². The molecule has 1 saturated carbocycles. The average molecular weight is 352 g/mol. The van der Waals surface area contributed by atoms with Crippen LogP contribution in [0.3, 0.4) is 0 Å². The summed E-state index contributed by atoms with van der Waals surface area (Å²) in [5, 5.41) is 11.5. The monoisotopic (exact) mass is 351 g/mol. The Morgan fingerprint density at radius 3 is 2.80 bits per heavy atom. The van der Waals surface area contributed by atoms with E-state index in [2.05, 4.69) is 32.3 Å². The van der Waals surface area contributed by atoms with E-state index in [1.54, 1.807) is 17.4 Å². The zero-order valence-corrected chi connectivity index (χ0v) is 13.2. The molecule has 0 amide bonds. The highest BCUT2D eigenvalue weighted by Crippen LogP contribution is 2.36. The van der Waals surface area contributed by atoms with Gasteiger partial charge in [-0.2, -0.15) is 0 Å². The molecular formula is C15H14BrNO2S. The van der Waals surface area contributed by atoms with Crippen LogP contribution in [0.25, 0.3) is 0 Å². The molecule has 2 aromatic rings. The molecule has 0 saturated heterocycles. The molecule has 5 heteroatoms. The Labute approximate surface area is 130 Å². The zero-order chi connectivity index (χ0) is 14.1. The smallest absolute Gasteiger partial charge is 0.337 e. The van der Waals surface area contributed by atoms with Crippen molar-refractivity contribution in [2.75, 3.05) is 4.90 Å².